The summed E-state index contributed by atoms with van der Waals surface area (Å²) < 4.78 is 11.3. The van der Waals surface area contributed by atoms with Crippen molar-refractivity contribution < 1.29 is 19.1 Å². The van der Waals surface area contributed by atoms with Gasteiger partial charge in [-0.3, -0.25) is 9.59 Å². The lowest BCUT2D eigenvalue weighted by Crippen LogP contribution is -2.20. The second-order valence-corrected chi connectivity index (χ2v) is 6.14. The van der Waals surface area contributed by atoms with Crippen LogP contribution in [0.15, 0.2) is 28.7 Å². The van der Waals surface area contributed by atoms with Crippen LogP contribution >= 0.6 is 15.9 Å². The van der Waals surface area contributed by atoms with Crippen LogP contribution in [0.1, 0.15) is 40.0 Å². The Hall–Kier alpha value is -1.36. The molecule has 0 amide bonds. The first-order valence-electron chi connectivity index (χ1n) is 7.04. The third-order valence-electron chi connectivity index (χ3n) is 3.06. The monoisotopic (exact) mass is 356 g/mol. The maximum Gasteiger partial charge on any atom is 0.311 e. The minimum atomic E-state index is -0.345. The lowest BCUT2D eigenvalue weighted by atomic mass is 10.1. The fraction of sp³-hybridized carbons (Fsp3) is 0.500. The van der Waals surface area contributed by atoms with Crippen molar-refractivity contribution in [1.29, 1.82) is 0 Å². The number of hydrogen-bond acceptors (Lipinski definition) is 4. The van der Waals surface area contributed by atoms with Crippen molar-refractivity contribution in [1.82, 2.24) is 0 Å². The first-order chi connectivity index (χ1) is 9.88. The molecule has 0 heterocycles. The highest BCUT2D eigenvalue weighted by Crippen LogP contribution is 2.17. The third-order valence-corrected chi connectivity index (χ3v) is 3.59. The highest BCUT2D eigenvalue weighted by molar-refractivity contribution is 9.10. The molecule has 1 aromatic rings. The molecule has 0 saturated heterocycles. The van der Waals surface area contributed by atoms with Crippen LogP contribution in [0.3, 0.4) is 0 Å². The van der Waals surface area contributed by atoms with Gasteiger partial charge in [-0.15, -0.1) is 0 Å². The molecular weight excluding hydrogens is 336 g/mol. The molecule has 116 valence electrons. The van der Waals surface area contributed by atoms with Gasteiger partial charge >= 0.3 is 11.9 Å². The van der Waals surface area contributed by atoms with Gasteiger partial charge in [-0.25, -0.2) is 0 Å². The molecule has 0 fully saturated rings. The predicted molar refractivity (Wildman–Crippen MR) is 84.0 cm³/mol. The van der Waals surface area contributed by atoms with E-state index in [4.69, 9.17) is 9.47 Å². The Morgan fingerprint density at radius 2 is 1.62 bits per heavy atom. The van der Waals surface area contributed by atoms with Crippen LogP contribution in [0.4, 0.5) is 0 Å². The largest absolute Gasteiger partial charge is 0.462 e. The molecule has 0 N–H and O–H groups in total. The van der Waals surface area contributed by atoms with Crippen LogP contribution in [0.5, 0.6) is 5.75 Å². The molecule has 0 aromatic heterocycles. The quantitative estimate of drug-likeness (QED) is 0.544. The molecule has 1 atom stereocenters. The van der Waals surface area contributed by atoms with Crippen molar-refractivity contribution in [2.24, 2.45) is 5.92 Å². The second kappa shape index (κ2) is 8.82. The van der Waals surface area contributed by atoms with E-state index in [1.54, 1.807) is 24.3 Å². The summed E-state index contributed by atoms with van der Waals surface area (Å²) in [4.78, 5) is 23.2. The maximum atomic E-state index is 11.6. The molecule has 4 nitrogen and oxygen atoms in total. The maximum absolute atomic E-state index is 11.6. The van der Waals surface area contributed by atoms with Gasteiger partial charge in [0, 0.05) is 17.3 Å². The average molecular weight is 357 g/mol. The van der Waals surface area contributed by atoms with Gasteiger partial charge in [0.15, 0.2) is 0 Å². The number of halogens is 1. The molecule has 5 heteroatoms. The van der Waals surface area contributed by atoms with Crippen LogP contribution in [0.2, 0.25) is 0 Å². The van der Waals surface area contributed by atoms with Gasteiger partial charge in [0.1, 0.15) is 11.9 Å². The van der Waals surface area contributed by atoms with Crippen molar-refractivity contribution in [3.05, 3.63) is 28.7 Å². The topological polar surface area (TPSA) is 52.6 Å². The highest BCUT2D eigenvalue weighted by Gasteiger charge is 2.13. The number of benzene rings is 1. The summed E-state index contributed by atoms with van der Waals surface area (Å²) >= 11 is 3.31. The summed E-state index contributed by atoms with van der Waals surface area (Å²) in [6.07, 6.45) is 0.749. The van der Waals surface area contributed by atoms with Gasteiger partial charge in [-0.1, -0.05) is 29.8 Å². The Morgan fingerprint density at radius 3 is 2.19 bits per heavy atom. The van der Waals surface area contributed by atoms with Crippen molar-refractivity contribution in [3.8, 4) is 5.75 Å². The van der Waals surface area contributed by atoms with E-state index in [1.165, 1.54) is 0 Å². The van der Waals surface area contributed by atoms with Gasteiger partial charge in [0.05, 0.1) is 0 Å². The van der Waals surface area contributed by atoms with E-state index >= 15 is 0 Å². The van der Waals surface area contributed by atoms with Crippen molar-refractivity contribution in [2.75, 3.05) is 0 Å². The fourth-order valence-corrected chi connectivity index (χ4v) is 1.73. The summed E-state index contributed by atoms with van der Waals surface area (Å²) in [5, 5.41) is 0. The molecule has 1 aromatic carbocycles. The number of ether oxygens (including phenoxy) is 2. The third kappa shape index (κ3) is 7.27. The first kappa shape index (κ1) is 17.7. The van der Waals surface area contributed by atoms with Crippen molar-refractivity contribution in [2.45, 2.75) is 46.1 Å². The summed E-state index contributed by atoms with van der Waals surface area (Å²) in [6.45, 7) is 5.85. The zero-order chi connectivity index (χ0) is 15.8. The van der Waals surface area contributed by atoms with E-state index in [0.717, 1.165) is 4.47 Å². The molecule has 0 radical (unpaired) electrons. The van der Waals surface area contributed by atoms with E-state index in [-0.39, 0.29) is 36.8 Å². The van der Waals surface area contributed by atoms with Crippen LogP contribution in [-0.4, -0.2) is 18.0 Å². The molecule has 0 aliphatic carbocycles. The number of hydrogen-bond donors (Lipinski definition) is 0. The highest BCUT2D eigenvalue weighted by atomic mass is 79.9. The van der Waals surface area contributed by atoms with E-state index in [0.29, 0.717) is 12.2 Å². The van der Waals surface area contributed by atoms with Crippen molar-refractivity contribution in [3.63, 3.8) is 0 Å². The molecule has 1 unspecified atom stereocenters. The Bertz CT molecular complexity index is 468. The Balaban J connectivity index is 2.24. The van der Waals surface area contributed by atoms with E-state index in [9.17, 15) is 9.59 Å². The molecular formula is C16H21BrO4. The average Bonchev–Trinajstić information content (AvgIpc) is 2.41. The smallest absolute Gasteiger partial charge is 0.311 e. The Kier molecular flexibility index (Phi) is 7.43. The first-order valence-corrected chi connectivity index (χ1v) is 7.83. The molecule has 21 heavy (non-hydrogen) atoms. The standard InChI is InChI=1S/C16H21BrO4/c1-11(2)12(3)20-15(18)5-4-6-16(19)21-14-9-7-13(17)8-10-14/h7-12H,4-6H2,1-3H3. The number of rotatable bonds is 7. The zero-order valence-corrected chi connectivity index (χ0v) is 14.2. The fourth-order valence-electron chi connectivity index (χ4n) is 1.46. The van der Waals surface area contributed by atoms with Crippen molar-refractivity contribution >= 4 is 27.9 Å². The van der Waals surface area contributed by atoms with Gasteiger partial charge in [0.25, 0.3) is 0 Å². The second-order valence-electron chi connectivity index (χ2n) is 5.22. The van der Waals surface area contributed by atoms with E-state index in [1.807, 2.05) is 20.8 Å². The van der Waals surface area contributed by atoms with Gasteiger partial charge in [-0.2, -0.15) is 0 Å². The number of carbonyl (C=O) groups is 2. The molecule has 1 rings (SSSR count). The summed E-state index contributed by atoms with van der Waals surface area (Å²) in [5.74, 6) is 0.171. The zero-order valence-electron chi connectivity index (χ0n) is 12.6. The molecule has 0 bridgehead atoms. The minimum Gasteiger partial charge on any atom is -0.462 e. The van der Waals surface area contributed by atoms with Crippen LogP contribution in [0.25, 0.3) is 0 Å². The van der Waals surface area contributed by atoms with E-state index < -0.39 is 0 Å². The lowest BCUT2D eigenvalue weighted by Gasteiger charge is -2.16. The lowest BCUT2D eigenvalue weighted by molar-refractivity contribution is -0.150. The van der Waals surface area contributed by atoms with Gasteiger partial charge < -0.3 is 9.47 Å². The molecule has 0 aliphatic rings. The number of carbonyl (C=O) groups excluding carboxylic acids is 2. The van der Waals surface area contributed by atoms with Crippen LogP contribution in [0, 0.1) is 5.92 Å². The van der Waals surface area contributed by atoms with Gasteiger partial charge in [0.2, 0.25) is 0 Å². The molecule has 0 saturated carbocycles. The van der Waals surface area contributed by atoms with E-state index in [2.05, 4.69) is 15.9 Å². The van der Waals surface area contributed by atoms with Crippen LogP contribution in [-0.2, 0) is 14.3 Å². The molecule has 0 spiro atoms. The molecule has 0 aliphatic heterocycles. The normalized spacial score (nSPS) is 12.0. The van der Waals surface area contributed by atoms with Gasteiger partial charge in [-0.05, 0) is 43.5 Å². The Labute approximate surface area is 133 Å². The summed E-state index contributed by atoms with van der Waals surface area (Å²) in [6, 6.07) is 7.02. The summed E-state index contributed by atoms with van der Waals surface area (Å²) in [7, 11) is 0. The Morgan fingerprint density at radius 1 is 1.05 bits per heavy atom. The predicted octanol–water partition coefficient (Wildman–Crippen LogP) is 4.11. The summed E-state index contributed by atoms with van der Waals surface area (Å²) in [5.41, 5.74) is 0. The van der Waals surface area contributed by atoms with Crippen LogP contribution < -0.4 is 4.74 Å². The SMILES string of the molecule is CC(C)C(C)OC(=O)CCCC(=O)Oc1ccc(Br)cc1. The minimum absolute atomic E-state index is 0.104. The number of esters is 2.